The summed E-state index contributed by atoms with van der Waals surface area (Å²) < 4.78 is 28.0. The smallest absolute Gasteiger partial charge is 0.340 e. The van der Waals surface area contributed by atoms with Crippen LogP contribution in [-0.2, 0) is 19.4 Å². The second kappa shape index (κ2) is 9.77. The molecule has 25 heavy (non-hydrogen) atoms. The van der Waals surface area contributed by atoms with E-state index in [9.17, 15) is 18.0 Å². The first-order valence-corrected chi connectivity index (χ1v) is 10.4. The normalized spacial score (nSPS) is 12.5. The zero-order chi connectivity index (χ0) is 19.0. The standard InChI is InChI=1S/C17H24ClNO5S/c1-4-5-6-7-12(2)19-16(20)11-24-17(21)14-10-13(25(3,22)23)8-9-15(14)18/h8-10,12H,4-7,11H2,1-3H3,(H,19,20)/t12-/m0/s1. The summed E-state index contributed by atoms with van der Waals surface area (Å²) >= 11 is 5.92. The lowest BCUT2D eigenvalue weighted by Crippen LogP contribution is -2.35. The molecule has 0 heterocycles. The summed E-state index contributed by atoms with van der Waals surface area (Å²) in [4.78, 5) is 23.8. The van der Waals surface area contributed by atoms with Gasteiger partial charge in [-0.3, -0.25) is 4.79 Å². The van der Waals surface area contributed by atoms with Crippen molar-refractivity contribution in [3.05, 3.63) is 28.8 Å². The van der Waals surface area contributed by atoms with Gasteiger partial charge in [-0.1, -0.05) is 37.8 Å². The lowest BCUT2D eigenvalue weighted by molar-refractivity contribution is -0.124. The molecule has 1 atom stereocenters. The van der Waals surface area contributed by atoms with Gasteiger partial charge in [-0.25, -0.2) is 13.2 Å². The van der Waals surface area contributed by atoms with E-state index in [1.165, 1.54) is 12.1 Å². The van der Waals surface area contributed by atoms with Crippen molar-refractivity contribution < 1.29 is 22.7 Å². The molecule has 6 nitrogen and oxygen atoms in total. The third kappa shape index (κ3) is 7.44. The molecule has 1 aromatic carbocycles. The maximum absolute atomic E-state index is 12.1. The van der Waals surface area contributed by atoms with E-state index in [4.69, 9.17) is 16.3 Å². The lowest BCUT2D eigenvalue weighted by Gasteiger charge is -2.14. The molecule has 1 aromatic rings. The molecule has 0 aliphatic carbocycles. The first kappa shape index (κ1) is 21.4. The van der Waals surface area contributed by atoms with Crippen molar-refractivity contribution in [2.45, 2.75) is 50.5 Å². The van der Waals surface area contributed by atoms with Crippen molar-refractivity contribution in [1.29, 1.82) is 0 Å². The number of hydrogen-bond acceptors (Lipinski definition) is 5. The summed E-state index contributed by atoms with van der Waals surface area (Å²) in [5, 5.41) is 2.81. The molecule has 0 aliphatic rings. The van der Waals surface area contributed by atoms with Crippen molar-refractivity contribution in [2.24, 2.45) is 0 Å². The highest BCUT2D eigenvalue weighted by atomic mass is 35.5. The molecule has 0 fully saturated rings. The number of amides is 1. The fourth-order valence-corrected chi connectivity index (χ4v) is 3.03. The third-order valence-electron chi connectivity index (χ3n) is 3.57. The van der Waals surface area contributed by atoms with Gasteiger partial charge in [0.25, 0.3) is 5.91 Å². The molecular weight excluding hydrogens is 366 g/mol. The van der Waals surface area contributed by atoms with E-state index in [0.717, 1.165) is 38.0 Å². The molecule has 0 bridgehead atoms. The fourth-order valence-electron chi connectivity index (χ4n) is 2.19. The van der Waals surface area contributed by atoms with Crippen LogP contribution in [0.1, 0.15) is 49.9 Å². The Morgan fingerprint density at radius 3 is 2.56 bits per heavy atom. The first-order valence-electron chi connectivity index (χ1n) is 8.11. The topological polar surface area (TPSA) is 89.5 Å². The van der Waals surface area contributed by atoms with Crippen molar-refractivity contribution in [2.75, 3.05) is 12.9 Å². The highest BCUT2D eigenvalue weighted by Gasteiger charge is 2.18. The number of carbonyl (C=O) groups is 2. The highest BCUT2D eigenvalue weighted by molar-refractivity contribution is 7.90. The molecule has 8 heteroatoms. The van der Waals surface area contributed by atoms with Crippen LogP contribution in [0, 0.1) is 0 Å². The van der Waals surface area contributed by atoms with E-state index in [1.54, 1.807) is 0 Å². The van der Waals surface area contributed by atoms with Gasteiger partial charge in [0.15, 0.2) is 16.4 Å². The number of rotatable bonds is 9. The van der Waals surface area contributed by atoms with Gasteiger partial charge >= 0.3 is 5.97 Å². The Balaban J connectivity index is 2.61. The minimum atomic E-state index is -3.48. The lowest BCUT2D eigenvalue weighted by atomic mass is 10.1. The monoisotopic (exact) mass is 389 g/mol. The number of esters is 1. The van der Waals surface area contributed by atoms with E-state index >= 15 is 0 Å². The zero-order valence-corrected chi connectivity index (χ0v) is 16.2. The van der Waals surface area contributed by atoms with E-state index in [0.29, 0.717) is 0 Å². The Bertz CT molecular complexity index is 718. The Hall–Kier alpha value is -1.60. The SMILES string of the molecule is CCCCC[C@H](C)NC(=O)COC(=O)c1cc(S(C)(=O)=O)ccc1Cl. The maximum Gasteiger partial charge on any atom is 0.340 e. The van der Waals surface area contributed by atoms with Crippen LogP contribution in [0.25, 0.3) is 0 Å². The van der Waals surface area contributed by atoms with Crippen molar-refractivity contribution in [3.63, 3.8) is 0 Å². The van der Waals surface area contributed by atoms with Gasteiger partial charge in [0.2, 0.25) is 0 Å². The van der Waals surface area contributed by atoms with Gasteiger partial charge < -0.3 is 10.1 Å². The molecule has 0 radical (unpaired) electrons. The number of hydrogen-bond donors (Lipinski definition) is 1. The quantitative estimate of drug-likeness (QED) is 0.518. The Kier molecular flexibility index (Phi) is 8.38. The summed E-state index contributed by atoms with van der Waals surface area (Å²) in [6.07, 6.45) is 5.11. The molecule has 1 amide bonds. The Morgan fingerprint density at radius 1 is 1.28 bits per heavy atom. The molecule has 140 valence electrons. The van der Waals surface area contributed by atoms with Crippen LogP contribution in [0.2, 0.25) is 5.02 Å². The molecule has 1 N–H and O–H groups in total. The van der Waals surface area contributed by atoms with Crippen molar-refractivity contribution >= 4 is 33.3 Å². The number of halogens is 1. The van der Waals surface area contributed by atoms with E-state index in [1.807, 2.05) is 6.92 Å². The largest absolute Gasteiger partial charge is 0.452 e. The van der Waals surface area contributed by atoms with Gasteiger partial charge in [0.05, 0.1) is 15.5 Å². The molecule has 0 saturated carbocycles. The van der Waals surface area contributed by atoms with Gasteiger partial charge in [-0.15, -0.1) is 0 Å². The first-order chi connectivity index (χ1) is 11.6. The zero-order valence-electron chi connectivity index (χ0n) is 14.7. The highest BCUT2D eigenvalue weighted by Crippen LogP contribution is 2.21. The third-order valence-corrected chi connectivity index (χ3v) is 5.01. The number of benzene rings is 1. The van der Waals surface area contributed by atoms with Crippen LogP contribution in [0.5, 0.6) is 0 Å². The molecular formula is C17H24ClNO5S. The predicted molar refractivity (Wildman–Crippen MR) is 96.6 cm³/mol. The second-order valence-corrected chi connectivity index (χ2v) is 8.38. The van der Waals surface area contributed by atoms with Crippen LogP contribution in [0.4, 0.5) is 0 Å². The molecule has 0 unspecified atom stereocenters. The summed E-state index contributed by atoms with van der Waals surface area (Å²) in [7, 11) is -3.48. The number of nitrogens with one attached hydrogen (secondary N) is 1. The molecule has 0 aromatic heterocycles. The molecule has 0 aliphatic heterocycles. The predicted octanol–water partition coefficient (Wildman–Crippen LogP) is 2.99. The van der Waals surface area contributed by atoms with E-state index < -0.39 is 28.3 Å². The Morgan fingerprint density at radius 2 is 1.96 bits per heavy atom. The average molecular weight is 390 g/mol. The number of unbranched alkanes of at least 4 members (excludes halogenated alkanes) is 2. The molecule has 0 spiro atoms. The van der Waals surface area contributed by atoms with Crippen LogP contribution in [-0.4, -0.2) is 39.2 Å². The van der Waals surface area contributed by atoms with Crippen molar-refractivity contribution in [1.82, 2.24) is 5.32 Å². The average Bonchev–Trinajstić information content (AvgIpc) is 2.52. The van der Waals surface area contributed by atoms with Crippen LogP contribution >= 0.6 is 11.6 Å². The van der Waals surface area contributed by atoms with Gasteiger partial charge in [0, 0.05) is 12.3 Å². The van der Waals surface area contributed by atoms with Crippen LogP contribution < -0.4 is 5.32 Å². The molecule has 1 rings (SSSR count). The summed E-state index contributed by atoms with van der Waals surface area (Å²) in [5.74, 6) is -1.25. The summed E-state index contributed by atoms with van der Waals surface area (Å²) in [6, 6.07) is 3.75. The summed E-state index contributed by atoms with van der Waals surface area (Å²) in [5.41, 5.74) is -0.0895. The maximum atomic E-state index is 12.1. The van der Waals surface area contributed by atoms with E-state index in [-0.39, 0.29) is 21.5 Å². The van der Waals surface area contributed by atoms with E-state index in [2.05, 4.69) is 12.2 Å². The van der Waals surface area contributed by atoms with Gasteiger partial charge in [-0.2, -0.15) is 0 Å². The van der Waals surface area contributed by atoms with Crippen LogP contribution in [0.15, 0.2) is 23.1 Å². The fraction of sp³-hybridized carbons (Fsp3) is 0.529. The van der Waals surface area contributed by atoms with Gasteiger partial charge in [0.1, 0.15) is 0 Å². The number of sulfone groups is 1. The Labute approximate surface area is 153 Å². The number of carbonyl (C=O) groups excluding carboxylic acids is 2. The van der Waals surface area contributed by atoms with Crippen molar-refractivity contribution in [3.8, 4) is 0 Å². The minimum absolute atomic E-state index is 0.00472. The second-order valence-electron chi connectivity index (χ2n) is 5.95. The van der Waals surface area contributed by atoms with Crippen LogP contribution in [0.3, 0.4) is 0 Å². The van der Waals surface area contributed by atoms with Gasteiger partial charge in [-0.05, 0) is 31.5 Å². The molecule has 0 saturated heterocycles. The minimum Gasteiger partial charge on any atom is -0.452 e. The number of ether oxygens (including phenoxy) is 1. The summed E-state index contributed by atoms with van der Waals surface area (Å²) in [6.45, 7) is 3.55.